The smallest absolute Gasteiger partial charge is 0.146 e. The Morgan fingerprint density at radius 1 is 1.14 bits per heavy atom. The van der Waals surface area contributed by atoms with Crippen LogP contribution in [0.25, 0.3) is 0 Å². The predicted molar refractivity (Wildman–Crippen MR) is 79.5 cm³/mol. The number of aliphatic hydroxyl groups excluding tert-OH is 1. The van der Waals surface area contributed by atoms with E-state index in [9.17, 15) is 19.9 Å². The molecule has 2 spiro atoms. The number of hydrogen-bond acceptors (Lipinski definition) is 4. The lowest BCUT2D eigenvalue weighted by atomic mass is 9.51. The van der Waals surface area contributed by atoms with Crippen LogP contribution in [-0.2, 0) is 9.59 Å². The molecule has 4 fully saturated rings. The number of aliphatic hydroxyl groups is 1. The van der Waals surface area contributed by atoms with E-state index in [1.807, 2.05) is 6.92 Å². The van der Waals surface area contributed by atoms with E-state index < -0.39 is 16.9 Å². The number of fused-ring (bicyclic) bond motifs is 1. The third kappa shape index (κ3) is 1.55. The highest BCUT2D eigenvalue weighted by Crippen LogP contribution is 2.66. The standard InChI is InChI=1S/C17H25NO4/c1-11-8-14(20)17-5-3-7-18(22)6-2-4-16(17,10-18)13(19)9-12(17)15(11)21/h11-12,15,21H,2-10H2,1H3/t11-,12+,15-,16-,17+,18?/m0/s1. The fraction of sp³-hybridized carbons (Fsp3) is 0.882. The van der Waals surface area contributed by atoms with E-state index in [0.29, 0.717) is 38.8 Å². The number of nitrogens with zero attached hydrogens (tertiary/aromatic N) is 1. The van der Waals surface area contributed by atoms with Gasteiger partial charge in [0.1, 0.15) is 11.6 Å². The maximum atomic E-state index is 13.1. The molecule has 0 amide bonds. The van der Waals surface area contributed by atoms with E-state index in [1.165, 1.54) is 0 Å². The summed E-state index contributed by atoms with van der Waals surface area (Å²) in [5, 5.41) is 23.7. The second-order valence-electron chi connectivity index (χ2n) is 8.25. The molecule has 2 aliphatic carbocycles. The van der Waals surface area contributed by atoms with Crippen LogP contribution < -0.4 is 0 Å². The quantitative estimate of drug-likeness (QED) is 0.542. The number of hydrogen-bond donors (Lipinski definition) is 1. The van der Waals surface area contributed by atoms with Gasteiger partial charge in [-0.1, -0.05) is 6.92 Å². The summed E-state index contributed by atoms with van der Waals surface area (Å²) in [7, 11) is 0. The fourth-order valence-electron chi connectivity index (χ4n) is 6.36. The van der Waals surface area contributed by atoms with Gasteiger partial charge in [0.25, 0.3) is 0 Å². The van der Waals surface area contributed by atoms with Gasteiger partial charge in [-0.25, -0.2) is 0 Å². The Labute approximate surface area is 130 Å². The third-order valence-corrected chi connectivity index (χ3v) is 7.29. The molecule has 4 rings (SSSR count). The molecule has 6 atom stereocenters. The van der Waals surface area contributed by atoms with E-state index in [0.717, 1.165) is 6.42 Å². The van der Waals surface area contributed by atoms with Crippen molar-refractivity contribution in [2.45, 2.75) is 51.6 Å². The van der Waals surface area contributed by atoms with Crippen molar-refractivity contribution in [3.05, 3.63) is 5.21 Å². The van der Waals surface area contributed by atoms with Gasteiger partial charge in [-0.15, -0.1) is 0 Å². The van der Waals surface area contributed by atoms with E-state index in [2.05, 4.69) is 0 Å². The molecule has 5 nitrogen and oxygen atoms in total. The number of carbonyl (C=O) groups excluding carboxylic acids is 2. The average molecular weight is 307 g/mol. The van der Waals surface area contributed by atoms with Crippen molar-refractivity contribution >= 4 is 11.6 Å². The molecule has 2 aliphatic heterocycles. The lowest BCUT2D eigenvalue weighted by molar-refractivity contribution is -0.890. The van der Waals surface area contributed by atoms with Gasteiger partial charge in [0.15, 0.2) is 0 Å². The van der Waals surface area contributed by atoms with E-state index in [-0.39, 0.29) is 41.0 Å². The van der Waals surface area contributed by atoms with Gasteiger partial charge in [0.2, 0.25) is 0 Å². The topological polar surface area (TPSA) is 77.4 Å². The second-order valence-corrected chi connectivity index (χ2v) is 8.25. The van der Waals surface area contributed by atoms with Crippen molar-refractivity contribution in [3.63, 3.8) is 0 Å². The predicted octanol–water partition coefficient (Wildman–Crippen LogP) is 1.42. The minimum atomic E-state index is -0.785. The first-order valence-electron chi connectivity index (χ1n) is 8.66. The van der Waals surface area contributed by atoms with Crippen molar-refractivity contribution in [3.8, 4) is 0 Å². The van der Waals surface area contributed by atoms with Gasteiger partial charge < -0.3 is 15.0 Å². The van der Waals surface area contributed by atoms with Crippen LogP contribution >= 0.6 is 0 Å². The van der Waals surface area contributed by atoms with Crippen LogP contribution in [0, 0.1) is 27.9 Å². The summed E-state index contributed by atoms with van der Waals surface area (Å²) in [6.07, 6.45) is 2.76. The molecule has 22 heavy (non-hydrogen) atoms. The summed E-state index contributed by atoms with van der Waals surface area (Å²) in [4.78, 5) is 26.1. The highest BCUT2D eigenvalue weighted by Gasteiger charge is 2.73. The van der Waals surface area contributed by atoms with Crippen molar-refractivity contribution in [2.75, 3.05) is 19.6 Å². The lowest BCUT2D eigenvalue weighted by Crippen LogP contribution is -2.63. The van der Waals surface area contributed by atoms with Gasteiger partial charge in [0, 0.05) is 18.8 Å². The molecule has 4 aliphatic rings. The fourth-order valence-corrected chi connectivity index (χ4v) is 6.36. The van der Waals surface area contributed by atoms with Crippen molar-refractivity contribution in [2.24, 2.45) is 22.7 Å². The van der Waals surface area contributed by atoms with E-state index in [1.54, 1.807) is 0 Å². The van der Waals surface area contributed by atoms with Crippen LogP contribution in [0.4, 0.5) is 0 Å². The van der Waals surface area contributed by atoms with Crippen LogP contribution in [0.3, 0.4) is 0 Å². The Kier molecular flexibility index (Phi) is 2.96. The zero-order valence-electron chi connectivity index (χ0n) is 13.2. The van der Waals surface area contributed by atoms with Crippen LogP contribution in [0.15, 0.2) is 0 Å². The number of ketones is 2. The number of hydroxylamine groups is 3. The molecule has 2 saturated carbocycles. The summed E-state index contributed by atoms with van der Waals surface area (Å²) >= 11 is 0. The van der Waals surface area contributed by atoms with Gasteiger partial charge in [0.05, 0.1) is 36.6 Å². The SMILES string of the molecule is C[C@H]1CC(=O)[C@]23CCC[N+]4([O-])CCC[C@]2(C4)C(=O)C[C@@H]3[C@H]1O. The maximum absolute atomic E-state index is 13.1. The van der Waals surface area contributed by atoms with Gasteiger partial charge in [-0.05, 0) is 31.6 Å². The van der Waals surface area contributed by atoms with Crippen LogP contribution in [-0.4, -0.2) is 47.1 Å². The van der Waals surface area contributed by atoms with E-state index in [4.69, 9.17) is 0 Å². The monoisotopic (exact) mass is 307 g/mol. The molecule has 2 saturated heterocycles. The molecule has 5 heteroatoms. The molecule has 1 N–H and O–H groups in total. The summed E-state index contributed by atoms with van der Waals surface area (Å²) in [6, 6.07) is 0. The summed E-state index contributed by atoms with van der Waals surface area (Å²) in [5.41, 5.74) is -1.53. The first-order chi connectivity index (χ1) is 10.3. The summed E-state index contributed by atoms with van der Waals surface area (Å²) in [5.74, 6) is -0.110. The van der Waals surface area contributed by atoms with Crippen LogP contribution in [0.1, 0.15) is 45.4 Å². The minimum Gasteiger partial charge on any atom is -0.633 e. The Balaban J connectivity index is 1.90. The van der Waals surface area contributed by atoms with E-state index >= 15 is 0 Å². The number of carbonyl (C=O) groups is 2. The number of piperidine rings is 1. The average Bonchev–Trinajstić information content (AvgIpc) is 2.62. The van der Waals surface area contributed by atoms with Crippen LogP contribution in [0.5, 0.6) is 0 Å². The zero-order valence-corrected chi connectivity index (χ0v) is 13.2. The lowest BCUT2D eigenvalue weighted by Gasteiger charge is -2.55. The molecular formula is C17H25NO4. The van der Waals surface area contributed by atoms with Crippen molar-refractivity contribution in [1.29, 1.82) is 0 Å². The molecule has 2 bridgehead atoms. The molecule has 1 unspecified atom stereocenters. The normalized spacial score (nSPS) is 54.6. The molecular weight excluding hydrogens is 282 g/mol. The Hall–Kier alpha value is -0.780. The van der Waals surface area contributed by atoms with Gasteiger partial charge in [-0.3, -0.25) is 9.59 Å². The van der Waals surface area contributed by atoms with Gasteiger partial charge >= 0.3 is 0 Å². The second kappa shape index (κ2) is 4.40. The number of rotatable bonds is 0. The number of Topliss-reactive ketones (excluding diaryl/α,β-unsaturated/α-hetero) is 2. The molecule has 0 aromatic heterocycles. The Bertz CT molecular complexity index is 549. The minimum absolute atomic E-state index is 0.0792. The summed E-state index contributed by atoms with van der Waals surface area (Å²) < 4.78 is -0.306. The third-order valence-electron chi connectivity index (χ3n) is 7.29. The summed E-state index contributed by atoms with van der Waals surface area (Å²) in [6.45, 7) is 3.26. The number of quaternary nitrogens is 1. The highest BCUT2D eigenvalue weighted by atomic mass is 16.5. The zero-order chi connectivity index (χ0) is 15.8. The Morgan fingerprint density at radius 3 is 2.55 bits per heavy atom. The first-order valence-corrected chi connectivity index (χ1v) is 8.66. The van der Waals surface area contributed by atoms with Crippen molar-refractivity contribution < 1.29 is 19.3 Å². The molecule has 2 heterocycles. The molecule has 0 aromatic rings. The molecule has 0 radical (unpaired) electrons. The van der Waals surface area contributed by atoms with Gasteiger partial charge in [-0.2, -0.15) is 0 Å². The largest absolute Gasteiger partial charge is 0.633 e. The molecule has 122 valence electrons. The maximum Gasteiger partial charge on any atom is 0.146 e. The van der Waals surface area contributed by atoms with Crippen molar-refractivity contribution in [1.82, 2.24) is 0 Å². The highest BCUT2D eigenvalue weighted by molar-refractivity contribution is 6.00. The Morgan fingerprint density at radius 2 is 1.82 bits per heavy atom. The first kappa shape index (κ1) is 14.8. The van der Waals surface area contributed by atoms with Crippen LogP contribution in [0.2, 0.25) is 0 Å². The molecule has 0 aromatic carbocycles.